The number of rotatable bonds is 7. The van der Waals surface area contributed by atoms with Crippen molar-refractivity contribution >= 4 is 17.0 Å². The molecular formula is C15H20N2O3. The minimum absolute atomic E-state index is 0.280. The lowest BCUT2D eigenvalue weighted by molar-refractivity contribution is 0.0697. The van der Waals surface area contributed by atoms with E-state index in [9.17, 15) is 4.79 Å². The Balaban J connectivity index is 2.40. The Morgan fingerprint density at radius 1 is 1.45 bits per heavy atom. The standard InChI is InChI=1S/C15H20N2O3/c1-3-5-14-16-12-10-11(15(18)19)6-7-13(12)17(14)8-4-9-20-2/h6-7,10H,3-5,8-9H2,1-2H3,(H,18,19). The van der Waals surface area contributed by atoms with Gasteiger partial charge in [-0.1, -0.05) is 6.92 Å². The van der Waals surface area contributed by atoms with Crippen LogP contribution in [0.5, 0.6) is 0 Å². The van der Waals surface area contributed by atoms with Crippen LogP contribution in [0, 0.1) is 0 Å². The number of nitrogens with zero attached hydrogens (tertiary/aromatic N) is 2. The van der Waals surface area contributed by atoms with Crippen molar-refractivity contribution in [3.8, 4) is 0 Å². The maximum atomic E-state index is 11.0. The molecule has 0 aliphatic carbocycles. The van der Waals surface area contributed by atoms with Crippen molar-refractivity contribution < 1.29 is 14.6 Å². The molecule has 1 heterocycles. The molecule has 0 atom stereocenters. The smallest absolute Gasteiger partial charge is 0.335 e. The number of benzene rings is 1. The lowest BCUT2D eigenvalue weighted by Gasteiger charge is -2.08. The fourth-order valence-electron chi connectivity index (χ4n) is 2.34. The van der Waals surface area contributed by atoms with Crippen molar-refractivity contribution in [2.24, 2.45) is 0 Å². The van der Waals surface area contributed by atoms with Crippen LogP contribution in [0.15, 0.2) is 18.2 Å². The van der Waals surface area contributed by atoms with E-state index < -0.39 is 5.97 Å². The van der Waals surface area contributed by atoms with E-state index in [1.54, 1.807) is 19.2 Å². The first kappa shape index (κ1) is 14.5. The second kappa shape index (κ2) is 6.52. The summed E-state index contributed by atoms with van der Waals surface area (Å²) >= 11 is 0. The summed E-state index contributed by atoms with van der Waals surface area (Å²) in [6.07, 6.45) is 2.82. The maximum Gasteiger partial charge on any atom is 0.335 e. The number of carbonyl (C=O) groups is 1. The molecule has 0 bridgehead atoms. The van der Waals surface area contributed by atoms with Gasteiger partial charge in [0.2, 0.25) is 0 Å². The SMILES string of the molecule is CCCc1nc2cc(C(=O)O)ccc2n1CCCOC. The molecule has 0 saturated carbocycles. The summed E-state index contributed by atoms with van der Waals surface area (Å²) in [4.78, 5) is 15.6. The van der Waals surface area contributed by atoms with Gasteiger partial charge in [0, 0.05) is 26.7 Å². The van der Waals surface area contributed by atoms with Crippen molar-refractivity contribution in [2.45, 2.75) is 32.7 Å². The summed E-state index contributed by atoms with van der Waals surface area (Å²) in [6, 6.07) is 5.12. The molecule has 0 spiro atoms. The highest BCUT2D eigenvalue weighted by atomic mass is 16.5. The highest BCUT2D eigenvalue weighted by Gasteiger charge is 2.12. The zero-order valence-corrected chi connectivity index (χ0v) is 11.9. The number of aromatic carboxylic acids is 1. The lowest BCUT2D eigenvalue weighted by Crippen LogP contribution is -2.06. The monoisotopic (exact) mass is 276 g/mol. The van der Waals surface area contributed by atoms with E-state index in [-0.39, 0.29) is 5.56 Å². The van der Waals surface area contributed by atoms with Gasteiger partial charge in [0.1, 0.15) is 5.82 Å². The second-order valence-corrected chi connectivity index (χ2v) is 4.78. The summed E-state index contributed by atoms with van der Waals surface area (Å²) in [7, 11) is 1.69. The van der Waals surface area contributed by atoms with Gasteiger partial charge in [-0.3, -0.25) is 0 Å². The number of aromatic nitrogens is 2. The maximum absolute atomic E-state index is 11.0. The third-order valence-electron chi connectivity index (χ3n) is 3.28. The first-order valence-corrected chi connectivity index (χ1v) is 6.88. The van der Waals surface area contributed by atoms with Crippen LogP contribution in [-0.2, 0) is 17.7 Å². The van der Waals surface area contributed by atoms with Crippen molar-refractivity contribution in [3.63, 3.8) is 0 Å². The molecule has 5 heteroatoms. The molecule has 108 valence electrons. The molecular weight excluding hydrogens is 256 g/mol. The van der Waals surface area contributed by atoms with Crippen LogP contribution in [0.25, 0.3) is 11.0 Å². The van der Waals surface area contributed by atoms with Crippen LogP contribution < -0.4 is 0 Å². The third-order valence-corrected chi connectivity index (χ3v) is 3.28. The predicted molar refractivity (Wildman–Crippen MR) is 77.2 cm³/mol. The van der Waals surface area contributed by atoms with Gasteiger partial charge < -0.3 is 14.4 Å². The number of ether oxygens (including phenoxy) is 1. The normalized spacial score (nSPS) is 11.1. The lowest BCUT2D eigenvalue weighted by atomic mass is 10.2. The van der Waals surface area contributed by atoms with Crippen LogP contribution in [0.4, 0.5) is 0 Å². The number of aryl methyl sites for hydroxylation is 2. The highest BCUT2D eigenvalue weighted by Crippen LogP contribution is 2.19. The molecule has 0 aliphatic rings. The van der Waals surface area contributed by atoms with Gasteiger partial charge in [-0.15, -0.1) is 0 Å². The van der Waals surface area contributed by atoms with E-state index in [0.29, 0.717) is 6.61 Å². The molecule has 1 aromatic carbocycles. The van der Waals surface area contributed by atoms with E-state index in [1.807, 2.05) is 6.07 Å². The molecule has 2 aromatic rings. The number of methoxy groups -OCH3 is 1. The highest BCUT2D eigenvalue weighted by molar-refractivity contribution is 5.92. The zero-order chi connectivity index (χ0) is 14.5. The molecule has 0 unspecified atom stereocenters. The Kier molecular flexibility index (Phi) is 4.74. The third kappa shape index (κ3) is 2.99. The molecule has 20 heavy (non-hydrogen) atoms. The topological polar surface area (TPSA) is 64.3 Å². The van der Waals surface area contributed by atoms with Gasteiger partial charge in [-0.25, -0.2) is 9.78 Å². The molecule has 0 radical (unpaired) electrons. The van der Waals surface area contributed by atoms with Crippen molar-refractivity contribution in [3.05, 3.63) is 29.6 Å². The van der Waals surface area contributed by atoms with Gasteiger partial charge in [0.25, 0.3) is 0 Å². The van der Waals surface area contributed by atoms with Gasteiger partial charge in [0.05, 0.1) is 16.6 Å². The molecule has 0 aliphatic heterocycles. The first-order chi connectivity index (χ1) is 9.67. The summed E-state index contributed by atoms with van der Waals surface area (Å²) in [5.74, 6) is 0.0963. The zero-order valence-electron chi connectivity index (χ0n) is 11.9. The van der Waals surface area contributed by atoms with E-state index in [1.165, 1.54) is 0 Å². The second-order valence-electron chi connectivity index (χ2n) is 4.78. The quantitative estimate of drug-likeness (QED) is 0.790. The number of imidazole rings is 1. The molecule has 0 saturated heterocycles. The Morgan fingerprint density at radius 2 is 2.25 bits per heavy atom. The number of carboxylic acid groups (broad SMARTS) is 1. The average Bonchev–Trinajstić information content (AvgIpc) is 2.76. The average molecular weight is 276 g/mol. The minimum atomic E-state index is -0.919. The van der Waals surface area contributed by atoms with Gasteiger partial charge in [-0.2, -0.15) is 0 Å². The predicted octanol–water partition coefficient (Wildman–Crippen LogP) is 2.72. The Hall–Kier alpha value is -1.88. The fraction of sp³-hybridized carbons (Fsp3) is 0.467. The molecule has 0 fully saturated rings. The minimum Gasteiger partial charge on any atom is -0.478 e. The van der Waals surface area contributed by atoms with E-state index in [0.717, 1.165) is 42.7 Å². The summed E-state index contributed by atoms with van der Waals surface area (Å²) < 4.78 is 7.26. The molecule has 2 rings (SSSR count). The molecule has 1 N–H and O–H groups in total. The van der Waals surface area contributed by atoms with Crippen LogP contribution >= 0.6 is 0 Å². The molecule has 5 nitrogen and oxygen atoms in total. The van der Waals surface area contributed by atoms with Gasteiger partial charge in [-0.05, 0) is 31.0 Å². The van der Waals surface area contributed by atoms with Crippen molar-refractivity contribution in [1.82, 2.24) is 9.55 Å². The Morgan fingerprint density at radius 3 is 2.90 bits per heavy atom. The number of fused-ring (bicyclic) bond motifs is 1. The number of carboxylic acids is 1. The van der Waals surface area contributed by atoms with Crippen LogP contribution in [0.3, 0.4) is 0 Å². The summed E-state index contributed by atoms with van der Waals surface area (Å²) in [5.41, 5.74) is 2.03. The van der Waals surface area contributed by atoms with Crippen molar-refractivity contribution in [2.75, 3.05) is 13.7 Å². The summed E-state index contributed by atoms with van der Waals surface area (Å²) in [6.45, 7) is 3.66. The summed E-state index contributed by atoms with van der Waals surface area (Å²) in [5, 5.41) is 9.05. The van der Waals surface area contributed by atoms with E-state index >= 15 is 0 Å². The largest absolute Gasteiger partial charge is 0.478 e. The van der Waals surface area contributed by atoms with E-state index in [2.05, 4.69) is 16.5 Å². The van der Waals surface area contributed by atoms with Crippen molar-refractivity contribution in [1.29, 1.82) is 0 Å². The van der Waals surface area contributed by atoms with Crippen LogP contribution in [-0.4, -0.2) is 34.3 Å². The molecule has 1 aromatic heterocycles. The van der Waals surface area contributed by atoms with Gasteiger partial charge >= 0.3 is 5.97 Å². The van der Waals surface area contributed by atoms with E-state index in [4.69, 9.17) is 9.84 Å². The van der Waals surface area contributed by atoms with Crippen LogP contribution in [0.2, 0.25) is 0 Å². The fourth-order valence-corrected chi connectivity index (χ4v) is 2.34. The number of hydrogen-bond acceptors (Lipinski definition) is 3. The first-order valence-electron chi connectivity index (χ1n) is 6.88. The Bertz CT molecular complexity index is 604. The number of hydrogen-bond donors (Lipinski definition) is 1. The van der Waals surface area contributed by atoms with Crippen LogP contribution in [0.1, 0.15) is 35.9 Å². The van der Waals surface area contributed by atoms with Gasteiger partial charge in [0.15, 0.2) is 0 Å². The molecule has 0 amide bonds. The Labute approximate surface area is 118 Å².